The maximum atomic E-state index is 13.4. The maximum Gasteiger partial charge on any atom is 0.338 e. The average molecular weight is 500 g/mol. The number of nitrogens with one attached hydrogen (secondary N) is 1. The molecule has 4 rings (SSSR count). The lowest BCUT2D eigenvalue weighted by molar-refractivity contribution is -0.150. The van der Waals surface area contributed by atoms with Crippen LogP contribution in [0.15, 0.2) is 51.6 Å². The second-order valence-electron chi connectivity index (χ2n) is 9.75. The van der Waals surface area contributed by atoms with Crippen LogP contribution in [0.4, 0.5) is 0 Å². The van der Waals surface area contributed by atoms with Crippen molar-refractivity contribution in [3.05, 3.63) is 52.2 Å². The maximum absolute atomic E-state index is 13.4. The molecule has 1 amide bonds. The Balaban J connectivity index is 1.66. The molecule has 8 nitrogen and oxygen atoms in total. The van der Waals surface area contributed by atoms with Crippen LogP contribution in [-0.2, 0) is 19.1 Å². The molecule has 1 saturated heterocycles. The fourth-order valence-electron chi connectivity index (χ4n) is 4.41. The van der Waals surface area contributed by atoms with Crippen LogP contribution in [0.25, 0.3) is 0 Å². The number of esters is 1. The monoisotopic (exact) mass is 499 g/mol. The average Bonchev–Trinajstić information content (AvgIpc) is 3.45. The van der Waals surface area contributed by atoms with Gasteiger partial charge in [-0.2, -0.15) is 0 Å². The predicted molar refractivity (Wildman–Crippen MR) is 136 cm³/mol. The number of ether oxygens (including phenoxy) is 3. The van der Waals surface area contributed by atoms with Crippen LogP contribution in [0.3, 0.4) is 0 Å². The molecule has 0 spiro atoms. The van der Waals surface area contributed by atoms with E-state index < -0.39 is 17.6 Å². The summed E-state index contributed by atoms with van der Waals surface area (Å²) >= 11 is 1.44. The number of para-hydroxylation sites is 1. The Hall–Kier alpha value is -2.78. The van der Waals surface area contributed by atoms with Gasteiger partial charge >= 0.3 is 5.97 Å². The van der Waals surface area contributed by atoms with Crippen molar-refractivity contribution in [3.63, 3.8) is 0 Å². The smallest absolute Gasteiger partial charge is 0.338 e. The van der Waals surface area contributed by atoms with Crippen molar-refractivity contribution in [2.45, 2.75) is 64.7 Å². The minimum absolute atomic E-state index is 0.0728. The van der Waals surface area contributed by atoms with E-state index in [0.717, 1.165) is 30.7 Å². The van der Waals surface area contributed by atoms with E-state index in [9.17, 15) is 9.59 Å². The van der Waals surface area contributed by atoms with Gasteiger partial charge in [-0.3, -0.25) is 4.79 Å². The zero-order valence-electron chi connectivity index (χ0n) is 20.9. The fraction of sp³-hybridized carbons (Fsp3) is 0.500. The predicted octanol–water partition coefficient (Wildman–Crippen LogP) is 4.30. The minimum atomic E-state index is -0.666. The van der Waals surface area contributed by atoms with Crippen molar-refractivity contribution in [2.75, 3.05) is 20.3 Å². The SMILES string of the molecule is COc1ccccc1C1C(C(=O)OC(C)(C)C)=C(C)N=C2SC=C(CC(=O)NCC3CCCO3)N21. The molecule has 1 fully saturated rings. The lowest BCUT2D eigenvalue weighted by Gasteiger charge is -2.37. The van der Waals surface area contributed by atoms with Crippen LogP contribution in [0, 0.1) is 0 Å². The summed E-state index contributed by atoms with van der Waals surface area (Å²) < 4.78 is 17.1. The van der Waals surface area contributed by atoms with E-state index in [1.807, 2.05) is 62.3 Å². The Morgan fingerprint density at radius 2 is 2.06 bits per heavy atom. The van der Waals surface area contributed by atoms with Crippen molar-refractivity contribution < 1.29 is 23.8 Å². The molecule has 1 aromatic carbocycles. The summed E-state index contributed by atoms with van der Waals surface area (Å²) in [5, 5.41) is 5.63. The molecule has 35 heavy (non-hydrogen) atoms. The van der Waals surface area contributed by atoms with Gasteiger partial charge in [-0.15, -0.1) is 0 Å². The number of carbonyl (C=O) groups excluding carboxylic acids is 2. The first-order valence-corrected chi connectivity index (χ1v) is 12.7. The molecule has 1 N–H and O–H groups in total. The Labute approximate surface area is 210 Å². The number of aliphatic imine (C=N–C) groups is 1. The number of hydrogen-bond donors (Lipinski definition) is 1. The van der Waals surface area contributed by atoms with Crippen LogP contribution in [-0.4, -0.2) is 53.9 Å². The molecule has 0 aliphatic carbocycles. The zero-order valence-corrected chi connectivity index (χ0v) is 21.7. The van der Waals surface area contributed by atoms with Gasteiger partial charge in [-0.05, 0) is 52.0 Å². The molecule has 3 aliphatic rings. The first-order valence-electron chi connectivity index (χ1n) is 11.9. The van der Waals surface area contributed by atoms with Crippen LogP contribution in [0.5, 0.6) is 5.75 Å². The second kappa shape index (κ2) is 10.5. The van der Waals surface area contributed by atoms with Crippen LogP contribution < -0.4 is 10.1 Å². The summed E-state index contributed by atoms with van der Waals surface area (Å²) in [6.07, 6.45) is 2.21. The van der Waals surface area contributed by atoms with E-state index in [4.69, 9.17) is 19.2 Å². The number of thioether (sulfide) groups is 1. The fourth-order valence-corrected chi connectivity index (χ4v) is 5.37. The normalized spacial score (nSPS) is 21.9. The number of hydrogen-bond acceptors (Lipinski definition) is 8. The summed E-state index contributed by atoms with van der Waals surface area (Å²) in [6, 6.07) is 7.05. The number of benzene rings is 1. The van der Waals surface area contributed by atoms with Crippen molar-refractivity contribution in [1.82, 2.24) is 10.2 Å². The molecule has 188 valence electrons. The number of methoxy groups -OCH3 is 1. The van der Waals surface area contributed by atoms with Gasteiger partial charge in [0.2, 0.25) is 5.91 Å². The largest absolute Gasteiger partial charge is 0.496 e. The van der Waals surface area contributed by atoms with Gasteiger partial charge in [-0.25, -0.2) is 9.79 Å². The van der Waals surface area contributed by atoms with E-state index in [2.05, 4.69) is 5.32 Å². The van der Waals surface area contributed by atoms with Crippen LogP contribution >= 0.6 is 11.8 Å². The highest BCUT2D eigenvalue weighted by Crippen LogP contribution is 2.47. The minimum Gasteiger partial charge on any atom is -0.496 e. The van der Waals surface area contributed by atoms with Crippen molar-refractivity contribution in [3.8, 4) is 5.75 Å². The molecular formula is C26H33N3O5S. The number of amidine groups is 1. The topological polar surface area (TPSA) is 89.5 Å². The van der Waals surface area contributed by atoms with Gasteiger partial charge < -0.3 is 24.4 Å². The number of rotatable bonds is 7. The highest BCUT2D eigenvalue weighted by molar-refractivity contribution is 8.16. The van der Waals surface area contributed by atoms with Gasteiger partial charge in [-0.1, -0.05) is 30.0 Å². The Morgan fingerprint density at radius 3 is 2.74 bits per heavy atom. The summed E-state index contributed by atoms with van der Waals surface area (Å²) in [5.74, 6) is 0.108. The van der Waals surface area contributed by atoms with Crippen molar-refractivity contribution in [2.24, 2.45) is 4.99 Å². The molecule has 2 atom stereocenters. The number of allylic oxidation sites excluding steroid dienone is 1. The molecule has 0 radical (unpaired) electrons. The first kappa shape index (κ1) is 25.3. The third kappa shape index (κ3) is 5.73. The van der Waals surface area contributed by atoms with E-state index in [1.165, 1.54) is 11.8 Å². The molecule has 2 unspecified atom stereocenters. The quantitative estimate of drug-likeness (QED) is 0.560. The molecule has 0 bridgehead atoms. The van der Waals surface area contributed by atoms with Crippen LogP contribution in [0.2, 0.25) is 0 Å². The van der Waals surface area contributed by atoms with Gasteiger partial charge in [0.1, 0.15) is 11.4 Å². The van der Waals surface area contributed by atoms with Gasteiger partial charge in [0.05, 0.1) is 36.9 Å². The number of nitrogens with zero attached hydrogens (tertiary/aromatic N) is 2. The highest BCUT2D eigenvalue weighted by Gasteiger charge is 2.43. The molecule has 3 heterocycles. The summed E-state index contributed by atoms with van der Waals surface area (Å²) in [6.45, 7) is 8.58. The summed E-state index contributed by atoms with van der Waals surface area (Å²) in [4.78, 5) is 33.0. The Bertz CT molecular complexity index is 1080. The third-order valence-corrected chi connectivity index (χ3v) is 6.83. The standard InChI is InChI=1S/C26H33N3O5S/c1-16-22(24(31)34-26(2,3)4)23(19-10-6-7-11-20(19)32-5)29-17(15-35-25(29)28-16)13-21(30)27-14-18-9-8-12-33-18/h6-7,10-11,15,18,23H,8-9,12-14H2,1-5H3,(H,27,30). The Kier molecular flexibility index (Phi) is 7.56. The lowest BCUT2D eigenvalue weighted by atomic mass is 9.93. The van der Waals surface area contributed by atoms with E-state index >= 15 is 0 Å². The zero-order chi connectivity index (χ0) is 25.2. The van der Waals surface area contributed by atoms with E-state index in [0.29, 0.717) is 28.7 Å². The van der Waals surface area contributed by atoms with E-state index in [-0.39, 0.29) is 18.4 Å². The first-order chi connectivity index (χ1) is 16.7. The van der Waals surface area contributed by atoms with Crippen LogP contribution in [0.1, 0.15) is 58.6 Å². The molecule has 9 heteroatoms. The third-order valence-electron chi connectivity index (χ3n) is 5.95. The molecule has 3 aliphatic heterocycles. The van der Waals surface area contributed by atoms with Gasteiger partial charge in [0.15, 0.2) is 5.17 Å². The molecule has 0 saturated carbocycles. The van der Waals surface area contributed by atoms with Crippen molar-refractivity contribution in [1.29, 1.82) is 0 Å². The number of amides is 1. The number of fused-ring (bicyclic) bond motifs is 1. The Morgan fingerprint density at radius 1 is 1.29 bits per heavy atom. The van der Waals surface area contributed by atoms with Crippen molar-refractivity contribution >= 4 is 28.8 Å². The molecule has 1 aromatic rings. The van der Waals surface area contributed by atoms with E-state index in [1.54, 1.807) is 7.11 Å². The lowest BCUT2D eigenvalue weighted by Crippen LogP contribution is -2.40. The molecular weight excluding hydrogens is 466 g/mol. The highest BCUT2D eigenvalue weighted by atomic mass is 32.2. The van der Waals surface area contributed by atoms with Gasteiger partial charge in [0.25, 0.3) is 0 Å². The molecule has 0 aromatic heterocycles. The summed E-state index contributed by atoms with van der Waals surface area (Å²) in [5.41, 5.74) is 1.92. The van der Waals surface area contributed by atoms with Gasteiger partial charge in [0, 0.05) is 24.4 Å². The number of carbonyl (C=O) groups is 2. The summed E-state index contributed by atoms with van der Waals surface area (Å²) in [7, 11) is 1.61. The second-order valence-corrected chi connectivity index (χ2v) is 10.6.